The average molecular weight is 613 g/mol. The molecule has 0 aliphatic heterocycles. The summed E-state index contributed by atoms with van der Waals surface area (Å²) < 4.78 is 8.33. The van der Waals surface area contributed by atoms with E-state index in [9.17, 15) is 9.59 Å². The molecular formula is C12H18CoO13W. The second-order valence-corrected chi connectivity index (χ2v) is 3.25. The fraction of sp³-hybridized carbons (Fsp3) is 0.500. The minimum absolute atomic E-state index is 0. The first kappa shape index (κ1) is 44.3. The third-order valence-electron chi connectivity index (χ3n) is 0.553. The Morgan fingerprint density at radius 2 is 0.667 bits per heavy atom. The van der Waals surface area contributed by atoms with Gasteiger partial charge in [0.1, 0.15) is 0 Å². The monoisotopic (exact) mass is 613 g/mol. The Morgan fingerprint density at radius 1 is 0.593 bits per heavy atom. The topological polar surface area (TPSA) is 252 Å². The van der Waals surface area contributed by atoms with Gasteiger partial charge in [0.25, 0.3) is 0 Å². The first-order valence-electron chi connectivity index (χ1n) is 5.86. The summed E-state index contributed by atoms with van der Waals surface area (Å²) in [5, 5.41) is 51.4. The van der Waals surface area contributed by atoms with Crippen LogP contribution in [0.5, 0.6) is 0 Å². The minimum atomic E-state index is -1.08. The zero-order valence-electron chi connectivity index (χ0n) is 14.5. The van der Waals surface area contributed by atoms with Crippen LogP contribution in [0.25, 0.3) is 0 Å². The van der Waals surface area contributed by atoms with Gasteiger partial charge >= 0.3 is 51.9 Å². The molecule has 0 bridgehead atoms. The average Bonchev–Trinajstić information content (AvgIpc) is 2.36. The van der Waals surface area contributed by atoms with Gasteiger partial charge in [-0.1, -0.05) is 0 Å². The Kier molecular flexibility index (Phi) is 64.2. The predicted octanol–water partition coefficient (Wildman–Crippen LogP) is -5.16. The van der Waals surface area contributed by atoms with Crippen LogP contribution in [0.1, 0.15) is 40.5 Å². The molecule has 0 aliphatic rings. The third-order valence-corrected chi connectivity index (χ3v) is 0.553. The molecule has 0 aromatic rings. The van der Waals surface area contributed by atoms with Gasteiger partial charge in [0, 0.05) is 23.9 Å². The summed E-state index contributed by atoms with van der Waals surface area (Å²) in [7, 11) is 0. The predicted molar refractivity (Wildman–Crippen MR) is 67.9 cm³/mol. The van der Waals surface area contributed by atoms with Gasteiger partial charge < -0.3 is 49.8 Å². The molecule has 0 unspecified atom stereocenters. The second-order valence-electron chi connectivity index (χ2n) is 3.25. The van der Waals surface area contributed by atoms with Gasteiger partial charge in [-0.05, 0) is 27.7 Å². The van der Waals surface area contributed by atoms with Crippen molar-refractivity contribution in [2.75, 3.05) is 0 Å². The Balaban J connectivity index is -0.0000000372. The summed E-state index contributed by atoms with van der Waals surface area (Å²) in [4.78, 5) is 54.8. The number of hydrogen-bond acceptors (Lipinski definition) is 11. The van der Waals surface area contributed by atoms with E-state index in [1.165, 1.54) is 0 Å². The van der Waals surface area contributed by atoms with Crippen LogP contribution in [-0.2, 0) is 68.7 Å². The van der Waals surface area contributed by atoms with E-state index in [1.54, 1.807) is 0 Å². The van der Waals surface area contributed by atoms with Crippen LogP contribution >= 0.6 is 0 Å². The van der Waals surface area contributed by atoms with Gasteiger partial charge in [0.05, 0.1) is 12.8 Å². The molecule has 0 saturated heterocycles. The van der Waals surface area contributed by atoms with Gasteiger partial charge in [-0.25, -0.2) is 0 Å². The third kappa shape index (κ3) is 1430. The molecule has 0 aromatic heterocycles. The van der Waals surface area contributed by atoms with Crippen molar-refractivity contribution in [1.29, 1.82) is 0 Å². The van der Waals surface area contributed by atoms with Crippen LogP contribution in [0.15, 0.2) is 0 Å². The van der Waals surface area contributed by atoms with E-state index >= 15 is 0 Å². The van der Waals surface area contributed by atoms with E-state index < -0.39 is 35.8 Å². The molecule has 159 valence electrons. The van der Waals surface area contributed by atoms with Crippen molar-refractivity contribution >= 4 is 35.8 Å². The van der Waals surface area contributed by atoms with Crippen molar-refractivity contribution in [1.82, 2.24) is 0 Å². The number of aliphatic carboxylic acids is 6. The van der Waals surface area contributed by atoms with Crippen LogP contribution in [0.3, 0.4) is 0 Å². The van der Waals surface area contributed by atoms with Gasteiger partial charge in [-0.3, -0.25) is 9.59 Å². The molecule has 0 heterocycles. The van der Waals surface area contributed by atoms with Crippen molar-refractivity contribution in [2.45, 2.75) is 40.5 Å². The number of hydrogen-bond donors (Lipinski definition) is 2. The standard InChI is InChI=1S/C4H6O4.4C2H4O2.Co.O.W/c5-3(6)1-2-4(7)8;4*1-2(3)4;;;/h1-2H2,(H,5,6)(H,7,8);4*1H3,(H,3,4);;;/q;;;;;+2;;+2/p-4. The maximum atomic E-state index is 9.64. The van der Waals surface area contributed by atoms with Crippen LogP contribution in [0.4, 0.5) is 0 Å². The van der Waals surface area contributed by atoms with E-state index in [-0.39, 0.29) is 29.6 Å². The molecule has 0 saturated carbocycles. The van der Waals surface area contributed by atoms with Crippen molar-refractivity contribution < 1.29 is 99.4 Å². The van der Waals surface area contributed by atoms with E-state index in [0.717, 1.165) is 27.7 Å². The first-order valence-corrected chi connectivity index (χ1v) is 7.06. The fourth-order valence-corrected chi connectivity index (χ4v) is 0.214. The zero-order valence-corrected chi connectivity index (χ0v) is 18.5. The molecule has 27 heavy (non-hydrogen) atoms. The molecule has 15 heteroatoms. The summed E-state index contributed by atoms with van der Waals surface area (Å²) in [5.74, 6) is -6.49. The van der Waals surface area contributed by atoms with E-state index in [1.807, 2.05) is 0 Å². The van der Waals surface area contributed by atoms with Crippen LogP contribution in [-0.4, -0.2) is 46.0 Å². The summed E-state index contributed by atoms with van der Waals surface area (Å²) in [6.45, 7) is 3.89. The molecular weight excluding hydrogens is 595 g/mol. The molecule has 0 rings (SSSR count). The van der Waals surface area contributed by atoms with E-state index in [2.05, 4.69) is 0 Å². The van der Waals surface area contributed by atoms with E-state index in [4.69, 9.17) is 53.2 Å². The van der Waals surface area contributed by atoms with Gasteiger partial charge in [0.2, 0.25) is 0 Å². The van der Waals surface area contributed by atoms with Crippen molar-refractivity contribution in [2.24, 2.45) is 0 Å². The molecule has 0 aromatic carbocycles. The first-order chi connectivity index (χ1) is 11.6. The summed E-state index contributed by atoms with van der Waals surface area (Å²) in [6, 6.07) is 0. The Bertz CT molecular complexity index is 348. The molecule has 2 N–H and O–H groups in total. The zero-order chi connectivity index (χ0) is 22.9. The summed E-state index contributed by atoms with van der Waals surface area (Å²) >= 11 is 0.333. The molecule has 0 spiro atoms. The van der Waals surface area contributed by atoms with E-state index in [0.29, 0.717) is 19.8 Å². The molecule has 0 atom stereocenters. The molecule has 0 amide bonds. The Morgan fingerprint density at radius 3 is 0.704 bits per heavy atom. The molecule has 0 fully saturated rings. The van der Waals surface area contributed by atoms with Gasteiger partial charge in [0.15, 0.2) is 0 Å². The van der Waals surface area contributed by atoms with Crippen molar-refractivity contribution in [3.05, 3.63) is 0 Å². The second kappa shape index (κ2) is 39.1. The molecule has 13 nitrogen and oxygen atoms in total. The van der Waals surface area contributed by atoms with Crippen LogP contribution in [0, 0.1) is 0 Å². The number of rotatable bonds is 3. The summed E-state index contributed by atoms with van der Waals surface area (Å²) in [6.07, 6.45) is -0.593. The number of carbonyl (C=O) groups is 6. The van der Waals surface area contributed by atoms with Crippen molar-refractivity contribution in [3.8, 4) is 0 Å². The van der Waals surface area contributed by atoms with Gasteiger partial charge in [-0.15, -0.1) is 0 Å². The van der Waals surface area contributed by atoms with Crippen molar-refractivity contribution in [3.63, 3.8) is 0 Å². The Labute approximate surface area is 175 Å². The summed E-state index contributed by atoms with van der Waals surface area (Å²) in [5.41, 5.74) is 0. The Hall–Kier alpha value is -2.19. The SMILES string of the molecule is CC(=O)[O-].CC(=O)[O-].CC(=O)[O-].CC(=O)[O-].O=C(O)CCC(=O)O.[Co+2].[O]=[W+2]. The van der Waals surface area contributed by atoms with Gasteiger partial charge in [-0.2, -0.15) is 0 Å². The number of carboxylic acid groups (broad SMARTS) is 6. The quantitative estimate of drug-likeness (QED) is 0.303. The molecule has 0 aliphatic carbocycles. The maximum absolute atomic E-state index is 9.64. The van der Waals surface area contributed by atoms with Crippen LogP contribution < -0.4 is 20.4 Å². The van der Waals surface area contributed by atoms with Crippen LogP contribution in [0.2, 0.25) is 0 Å². The number of carboxylic acids is 6. The molecule has 1 radical (unpaired) electrons. The fourth-order valence-electron chi connectivity index (χ4n) is 0.214. The number of carbonyl (C=O) groups excluding carboxylic acids is 4. The normalized spacial score (nSPS) is 6.33.